The Hall–Kier alpha value is -1.12. The molecule has 3 heteroatoms. The molecule has 0 amide bonds. The highest BCUT2D eigenvalue weighted by atomic mass is 16.1. The Morgan fingerprint density at radius 2 is 2.27 bits per heavy atom. The zero-order valence-electron chi connectivity index (χ0n) is 7.03. The van der Waals surface area contributed by atoms with E-state index in [9.17, 15) is 4.79 Å². The molecule has 11 heavy (non-hydrogen) atoms. The van der Waals surface area contributed by atoms with Gasteiger partial charge in [0, 0.05) is 19.2 Å². The molecular weight excluding hydrogens is 140 g/mol. The highest BCUT2D eigenvalue weighted by Gasteiger charge is 2.11. The van der Waals surface area contributed by atoms with E-state index in [2.05, 4.69) is 5.10 Å². The highest BCUT2D eigenvalue weighted by Crippen LogP contribution is 2.04. The van der Waals surface area contributed by atoms with E-state index >= 15 is 0 Å². The van der Waals surface area contributed by atoms with Crippen molar-refractivity contribution in [2.75, 3.05) is 0 Å². The summed E-state index contributed by atoms with van der Waals surface area (Å²) >= 11 is 0. The summed E-state index contributed by atoms with van der Waals surface area (Å²) in [6, 6.07) is 1.74. The zero-order valence-corrected chi connectivity index (χ0v) is 7.03. The Morgan fingerprint density at radius 1 is 1.64 bits per heavy atom. The van der Waals surface area contributed by atoms with Crippen LogP contribution in [0.4, 0.5) is 0 Å². The molecule has 3 nitrogen and oxygen atoms in total. The van der Waals surface area contributed by atoms with Gasteiger partial charge in [-0.15, -0.1) is 0 Å². The number of aryl methyl sites for hydroxylation is 1. The van der Waals surface area contributed by atoms with Gasteiger partial charge in [0.2, 0.25) is 0 Å². The molecular formula is C8H12N2O. The first kappa shape index (κ1) is 7.98. The van der Waals surface area contributed by atoms with E-state index in [4.69, 9.17) is 0 Å². The molecule has 1 heterocycles. The van der Waals surface area contributed by atoms with Crippen LogP contribution in [0.15, 0.2) is 12.3 Å². The molecule has 0 fully saturated rings. The maximum Gasteiger partial charge on any atom is 0.185 e. The number of nitrogens with zero attached hydrogens (tertiary/aromatic N) is 2. The summed E-state index contributed by atoms with van der Waals surface area (Å²) in [7, 11) is 1.80. The van der Waals surface area contributed by atoms with Crippen LogP contribution in [-0.4, -0.2) is 15.6 Å². The van der Waals surface area contributed by atoms with E-state index in [0.717, 1.165) is 0 Å². The number of ketones is 1. The van der Waals surface area contributed by atoms with Crippen LogP contribution in [0.3, 0.4) is 0 Å². The van der Waals surface area contributed by atoms with Gasteiger partial charge in [0.05, 0.1) is 0 Å². The quantitative estimate of drug-likeness (QED) is 0.598. The molecule has 1 aromatic heterocycles. The fraction of sp³-hybridized carbons (Fsp3) is 0.500. The molecule has 0 N–H and O–H groups in total. The third kappa shape index (κ3) is 1.67. The number of aromatic nitrogens is 2. The molecule has 0 spiro atoms. The first-order valence-electron chi connectivity index (χ1n) is 3.65. The number of hydrogen-bond acceptors (Lipinski definition) is 2. The Kier molecular flexibility index (Phi) is 2.08. The summed E-state index contributed by atoms with van der Waals surface area (Å²) in [5, 5.41) is 4.00. The van der Waals surface area contributed by atoms with Crippen LogP contribution >= 0.6 is 0 Å². The third-order valence-corrected chi connectivity index (χ3v) is 1.49. The molecule has 1 aromatic rings. The Balaban J connectivity index is 2.85. The summed E-state index contributed by atoms with van der Waals surface area (Å²) in [6.07, 6.45) is 1.77. The molecule has 0 atom stereocenters. The van der Waals surface area contributed by atoms with E-state index in [1.54, 1.807) is 24.0 Å². The standard InChI is InChI=1S/C8H12N2O/c1-6(2)8(11)7-4-5-10(3)9-7/h4-6H,1-3H3. The van der Waals surface area contributed by atoms with Crippen molar-refractivity contribution in [2.45, 2.75) is 13.8 Å². The van der Waals surface area contributed by atoms with Crippen LogP contribution in [0.2, 0.25) is 0 Å². The van der Waals surface area contributed by atoms with Crippen LogP contribution in [0.1, 0.15) is 24.3 Å². The van der Waals surface area contributed by atoms with Gasteiger partial charge in [-0.1, -0.05) is 13.8 Å². The lowest BCUT2D eigenvalue weighted by molar-refractivity contribution is 0.0933. The van der Waals surface area contributed by atoms with Crippen molar-refractivity contribution >= 4 is 5.78 Å². The monoisotopic (exact) mass is 152 g/mol. The average molecular weight is 152 g/mol. The van der Waals surface area contributed by atoms with E-state index in [-0.39, 0.29) is 11.7 Å². The number of Topliss-reactive ketones (excluding diaryl/α,β-unsaturated/α-hetero) is 1. The summed E-state index contributed by atoms with van der Waals surface area (Å²) in [4.78, 5) is 11.3. The largest absolute Gasteiger partial charge is 0.292 e. The van der Waals surface area contributed by atoms with Crippen LogP contribution in [-0.2, 0) is 7.05 Å². The zero-order chi connectivity index (χ0) is 8.43. The van der Waals surface area contributed by atoms with Crippen LogP contribution < -0.4 is 0 Å². The fourth-order valence-electron chi connectivity index (χ4n) is 0.842. The SMILES string of the molecule is CC(C)C(=O)c1ccn(C)n1. The summed E-state index contributed by atoms with van der Waals surface area (Å²) in [5.41, 5.74) is 0.558. The number of hydrogen-bond donors (Lipinski definition) is 0. The second-order valence-corrected chi connectivity index (χ2v) is 2.89. The van der Waals surface area contributed by atoms with Gasteiger partial charge in [-0.25, -0.2) is 0 Å². The predicted octanol–water partition coefficient (Wildman–Crippen LogP) is 1.26. The van der Waals surface area contributed by atoms with Crippen molar-refractivity contribution in [1.29, 1.82) is 0 Å². The third-order valence-electron chi connectivity index (χ3n) is 1.49. The molecule has 0 radical (unpaired) electrons. The fourth-order valence-corrected chi connectivity index (χ4v) is 0.842. The molecule has 0 aliphatic rings. The lowest BCUT2D eigenvalue weighted by Gasteiger charge is -1.97. The number of carbonyl (C=O) groups excluding carboxylic acids is 1. The lowest BCUT2D eigenvalue weighted by atomic mass is 10.1. The Labute approximate surface area is 66.0 Å². The van der Waals surface area contributed by atoms with Crippen molar-refractivity contribution < 1.29 is 4.79 Å². The molecule has 0 unspecified atom stereocenters. The van der Waals surface area contributed by atoms with E-state index in [1.165, 1.54) is 0 Å². The van der Waals surface area contributed by atoms with Crippen molar-refractivity contribution in [3.8, 4) is 0 Å². The van der Waals surface area contributed by atoms with Crippen molar-refractivity contribution in [2.24, 2.45) is 13.0 Å². The van der Waals surface area contributed by atoms with Crippen LogP contribution in [0.5, 0.6) is 0 Å². The van der Waals surface area contributed by atoms with Crippen molar-refractivity contribution in [3.05, 3.63) is 18.0 Å². The van der Waals surface area contributed by atoms with Crippen molar-refractivity contribution in [3.63, 3.8) is 0 Å². The molecule has 0 saturated carbocycles. The van der Waals surface area contributed by atoms with Gasteiger partial charge < -0.3 is 0 Å². The summed E-state index contributed by atoms with van der Waals surface area (Å²) in [5.74, 6) is 0.135. The van der Waals surface area contributed by atoms with Gasteiger partial charge in [-0.05, 0) is 6.07 Å². The Morgan fingerprint density at radius 3 is 2.64 bits per heavy atom. The molecule has 1 rings (SSSR count). The topological polar surface area (TPSA) is 34.9 Å². The summed E-state index contributed by atoms with van der Waals surface area (Å²) < 4.78 is 1.63. The number of rotatable bonds is 2. The average Bonchev–Trinajstić information content (AvgIpc) is 2.34. The smallest absolute Gasteiger partial charge is 0.185 e. The molecule has 0 aliphatic heterocycles. The second-order valence-electron chi connectivity index (χ2n) is 2.89. The normalized spacial score (nSPS) is 10.5. The van der Waals surface area contributed by atoms with Gasteiger partial charge in [-0.2, -0.15) is 5.10 Å². The molecule has 0 aromatic carbocycles. The van der Waals surface area contributed by atoms with Crippen molar-refractivity contribution in [1.82, 2.24) is 9.78 Å². The lowest BCUT2D eigenvalue weighted by Crippen LogP contribution is -2.08. The predicted molar refractivity (Wildman–Crippen MR) is 42.4 cm³/mol. The number of carbonyl (C=O) groups is 1. The molecule has 0 bridgehead atoms. The van der Waals surface area contributed by atoms with Gasteiger partial charge >= 0.3 is 0 Å². The van der Waals surface area contributed by atoms with Crippen LogP contribution in [0, 0.1) is 5.92 Å². The van der Waals surface area contributed by atoms with Gasteiger partial charge in [0.15, 0.2) is 5.78 Å². The molecule has 60 valence electrons. The van der Waals surface area contributed by atoms with Gasteiger partial charge in [0.1, 0.15) is 5.69 Å². The second kappa shape index (κ2) is 2.86. The summed E-state index contributed by atoms with van der Waals surface area (Å²) in [6.45, 7) is 3.74. The molecule has 0 saturated heterocycles. The van der Waals surface area contributed by atoms with Gasteiger partial charge in [-0.3, -0.25) is 9.48 Å². The van der Waals surface area contributed by atoms with E-state index < -0.39 is 0 Å². The van der Waals surface area contributed by atoms with E-state index in [0.29, 0.717) is 5.69 Å². The first-order chi connectivity index (χ1) is 5.11. The highest BCUT2D eigenvalue weighted by molar-refractivity contribution is 5.95. The maximum atomic E-state index is 11.3. The minimum atomic E-state index is 0.0323. The van der Waals surface area contributed by atoms with Crippen LogP contribution in [0.25, 0.3) is 0 Å². The minimum absolute atomic E-state index is 0.0323. The van der Waals surface area contributed by atoms with E-state index in [1.807, 2.05) is 13.8 Å². The van der Waals surface area contributed by atoms with Gasteiger partial charge in [0.25, 0.3) is 0 Å². The molecule has 0 aliphatic carbocycles. The first-order valence-corrected chi connectivity index (χ1v) is 3.65. The Bertz CT molecular complexity index is 263. The maximum absolute atomic E-state index is 11.3. The minimum Gasteiger partial charge on any atom is -0.292 e.